The number of H-pyrrole nitrogens is 2. The highest BCUT2D eigenvalue weighted by atomic mass is 32.2. The minimum Gasteiger partial charge on any atom is -0.396 e. The minimum atomic E-state index is -3.92. The highest BCUT2D eigenvalue weighted by Crippen LogP contribution is 2.09. The van der Waals surface area contributed by atoms with Gasteiger partial charge in [-0.25, -0.2) is 17.5 Å². The SMILES string of the molecule is CN(CCCCCO)S(=O)(=O)c1c[nH]c(=O)[nH]c1=O. The molecule has 0 aliphatic carbocycles. The smallest absolute Gasteiger partial charge is 0.325 e. The second kappa shape index (κ2) is 6.64. The zero-order chi connectivity index (χ0) is 14.5. The molecule has 0 saturated carbocycles. The van der Waals surface area contributed by atoms with Crippen molar-refractivity contribution in [3.05, 3.63) is 27.0 Å². The van der Waals surface area contributed by atoms with Gasteiger partial charge in [0, 0.05) is 26.4 Å². The molecule has 0 aliphatic rings. The van der Waals surface area contributed by atoms with Crippen molar-refractivity contribution >= 4 is 10.0 Å². The molecule has 1 rings (SSSR count). The van der Waals surface area contributed by atoms with Crippen LogP contribution in [0.4, 0.5) is 0 Å². The third-order valence-electron chi connectivity index (χ3n) is 2.60. The van der Waals surface area contributed by atoms with Gasteiger partial charge in [-0.05, 0) is 19.3 Å². The van der Waals surface area contributed by atoms with E-state index in [0.717, 1.165) is 10.5 Å². The average molecular weight is 291 g/mol. The summed E-state index contributed by atoms with van der Waals surface area (Å²) in [7, 11) is -2.56. The van der Waals surface area contributed by atoms with Gasteiger partial charge >= 0.3 is 5.69 Å². The van der Waals surface area contributed by atoms with Crippen molar-refractivity contribution in [3.8, 4) is 0 Å². The van der Waals surface area contributed by atoms with Crippen molar-refractivity contribution in [2.24, 2.45) is 0 Å². The summed E-state index contributed by atoms with van der Waals surface area (Å²) < 4.78 is 25.2. The van der Waals surface area contributed by atoms with E-state index in [1.807, 2.05) is 4.98 Å². The van der Waals surface area contributed by atoms with Crippen molar-refractivity contribution in [3.63, 3.8) is 0 Å². The van der Waals surface area contributed by atoms with E-state index >= 15 is 0 Å². The van der Waals surface area contributed by atoms with Crippen molar-refractivity contribution in [2.45, 2.75) is 24.2 Å². The highest BCUT2D eigenvalue weighted by Gasteiger charge is 2.23. The molecule has 0 amide bonds. The lowest BCUT2D eigenvalue weighted by atomic mass is 10.2. The van der Waals surface area contributed by atoms with Gasteiger partial charge in [-0.2, -0.15) is 0 Å². The number of rotatable bonds is 7. The molecular weight excluding hydrogens is 274 g/mol. The van der Waals surface area contributed by atoms with Crippen LogP contribution in [0.2, 0.25) is 0 Å². The van der Waals surface area contributed by atoms with Gasteiger partial charge in [-0.3, -0.25) is 9.78 Å². The van der Waals surface area contributed by atoms with Crippen LogP contribution in [-0.4, -0.2) is 48.0 Å². The van der Waals surface area contributed by atoms with Gasteiger partial charge < -0.3 is 10.1 Å². The largest absolute Gasteiger partial charge is 0.396 e. The lowest BCUT2D eigenvalue weighted by Crippen LogP contribution is -2.34. The molecule has 108 valence electrons. The standard InChI is InChI=1S/C10H17N3O5S/c1-13(5-3-2-4-6-14)19(17,18)8-7-11-10(16)12-9(8)15/h7,14H,2-6H2,1H3,(H2,11,12,15,16). The molecule has 0 bridgehead atoms. The fourth-order valence-electron chi connectivity index (χ4n) is 1.50. The maximum absolute atomic E-state index is 12.1. The Morgan fingerprint density at radius 1 is 1.26 bits per heavy atom. The summed E-state index contributed by atoms with van der Waals surface area (Å²) in [4.78, 5) is 25.8. The molecule has 0 fully saturated rings. The maximum atomic E-state index is 12.1. The summed E-state index contributed by atoms with van der Waals surface area (Å²) in [5.41, 5.74) is -1.69. The zero-order valence-corrected chi connectivity index (χ0v) is 11.4. The van der Waals surface area contributed by atoms with Crippen LogP contribution in [-0.2, 0) is 10.0 Å². The average Bonchev–Trinajstić information content (AvgIpc) is 2.33. The van der Waals surface area contributed by atoms with Gasteiger partial charge in [0.05, 0.1) is 0 Å². The first-order valence-electron chi connectivity index (χ1n) is 5.79. The Bertz CT molecular complexity index is 619. The Kier molecular flexibility index (Phi) is 5.45. The molecule has 1 aromatic rings. The van der Waals surface area contributed by atoms with Crippen LogP contribution in [0, 0.1) is 0 Å². The van der Waals surface area contributed by atoms with E-state index in [4.69, 9.17) is 5.11 Å². The minimum absolute atomic E-state index is 0.0655. The number of unbranched alkanes of at least 4 members (excludes halogenated alkanes) is 2. The molecule has 0 atom stereocenters. The molecule has 8 nitrogen and oxygen atoms in total. The third-order valence-corrected chi connectivity index (χ3v) is 4.47. The van der Waals surface area contributed by atoms with Crippen molar-refractivity contribution in [1.82, 2.24) is 14.3 Å². The first-order chi connectivity index (χ1) is 8.89. The molecule has 0 aromatic carbocycles. The first kappa shape index (κ1) is 15.6. The predicted octanol–water partition coefficient (Wildman–Crippen LogP) is -1.15. The Hall–Kier alpha value is -1.45. The number of aromatic amines is 2. The summed E-state index contributed by atoms with van der Waals surface area (Å²) in [6.07, 6.45) is 2.77. The number of nitrogens with one attached hydrogen (secondary N) is 2. The van der Waals surface area contributed by atoms with Gasteiger partial charge in [-0.1, -0.05) is 0 Å². The van der Waals surface area contributed by atoms with E-state index in [9.17, 15) is 18.0 Å². The fourth-order valence-corrected chi connectivity index (χ4v) is 2.70. The van der Waals surface area contributed by atoms with Gasteiger partial charge in [0.2, 0.25) is 10.0 Å². The van der Waals surface area contributed by atoms with Crippen molar-refractivity contribution < 1.29 is 13.5 Å². The fraction of sp³-hybridized carbons (Fsp3) is 0.600. The Labute approximate surface area is 110 Å². The van der Waals surface area contributed by atoms with E-state index in [2.05, 4.69) is 4.98 Å². The monoisotopic (exact) mass is 291 g/mol. The second-order valence-electron chi connectivity index (χ2n) is 4.05. The van der Waals surface area contributed by atoms with Crippen molar-refractivity contribution in [2.75, 3.05) is 20.2 Å². The molecule has 1 aromatic heterocycles. The number of sulfonamides is 1. The zero-order valence-electron chi connectivity index (χ0n) is 10.5. The summed E-state index contributed by atoms with van der Waals surface area (Å²) in [6.45, 7) is 0.303. The van der Waals surface area contributed by atoms with E-state index in [-0.39, 0.29) is 13.2 Å². The Morgan fingerprint density at radius 2 is 1.95 bits per heavy atom. The summed E-state index contributed by atoms with van der Waals surface area (Å²) in [5, 5.41) is 8.62. The molecule has 0 spiro atoms. The van der Waals surface area contributed by atoms with Gasteiger partial charge in [0.1, 0.15) is 0 Å². The molecular formula is C10H17N3O5S. The lowest BCUT2D eigenvalue weighted by Gasteiger charge is -2.16. The summed E-state index contributed by atoms with van der Waals surface area (Å²) in [6, 6.07) is 0. The highest BCUT2D eigenvalue weighted by molar-refractivity contribution is 7.89. The van der Waals surface area contributed by atoms with E-state index in [1.165, 1.54) is 7.05 Å². The molecule has 1 heterocycles. The number of aliphatic hydroxyl groups is 1. The number of nitrogens with zero attached hydrogens (tertiary/aromatic N) is 1. The molecule has 0 radical (unpaired) electrons. The first-order valence-corrected chi connectivity index (χ1v) is 7.23. The summed E-state index contributed by atoms with van der Waals surface area (Å²) >= 11 is 0. The van der Waals surface area contributed by atoms with Crippen LogP contribution in [0.15, 0.2) is 20.7 Å². The molecule has 0 unspecified atom stereocenters. The topological polar surface area (TPSA) is 123 Å². The Balaban J connectivity index is 2.85. The van der Waals surface area contributed by atoms with Gasteiger partial charge in [-0.15, -0.1) is 0 Å². The molecule has 19 heavy (non-hydrogen) atoms. The van der Waals surface area contributed by atoms with E-state index in [0.29, 0.717) is 19.3 Å². The van der Waals surface area contributed by atoms with Crippen molar-refractivity contribution in [1.29, 1.82) is 0 Å². The second-order valence-corrected chi connectivity index (χ2v) is 6.06. The van der Waals surface area contributed by atoms with Crippen LogP contribution in [0.1, 0.15) is 19.3 Å². The summed E-state index contributed by atoms with van der Waals surface area (Å²) in [5.74, 6) is 0. The predicted molar refractivity (Wildman–Crippen MR) is 68.4 cm³/mol. The van der Waals surface area contributed by atoms with Crippen LogP contribution in [0.5, 0.6) is 0 Å². The van der Waals surface area contributed by atoms with Gasteiger partial charge in [0.15, 0.2) is 4.90 Å². The van der Waals surface area contributed by atoms with E-state index in [1.54, 1.807) is 0 Å². The lowest BCUT2D eigenvalue weighted by molar-refractivity contribution is 0.281. The van der Waals surface area contributed by atoms with Crippen LogP contribution < -0.4 is 11.2 Å². The normalized spacial score (nSPS) is 11.9. The molecule has 0 saturated heterocycles. The number of aliphatic hydroxyl groups excluding tert-OH is 1. The number of hydrogen-bond donors (Lipinski definition) is 3. The number of hydrogen-bond acceptors (Lipinski definition) is 5. The molecule has 9 heteroatoms. The third kappa shape index (κ3) is 4.01. The maximum Gasteiger partial charge on any atom is 0.325 e. The van der Waals surface area contributed by atoms with Crippen LogP contribution >= 0.6 is 0 Å². The van der Waals surface area contributed by atoms with E-state index < -0.39 is 26.2 Å². The number of aromatic nitrogens is 2. The van der Waals surface area contributed by atoms with Crippen LogP contribution in [0.3, 0.4) is 0 Å². The Morgan fingerprint density at radius 3 is 2.53 bits per heavy atom. The van der Waals surface area contributed by atoms with Gasteiger partial charge in [0.25, 0.3) is 5.56 Å². The quantitative estimate of drug-likeness (QED) is 0.547. The molecule has 0 aliphatic heterocycles. The van der Waals surface area contributed by atoms with Crippen LogP contribution in [0.25, 0.3) is 0 Å². The molecule has 3 N–H and O–H groups in total.